The summed E-state index contributed by atoms with van der Waals surface area (Å²) in [6.07, 6.45) is 4.90. The fraction of sp³-hybridized carbons (Fsp3) is 0.185. The molecule has 2 aromatic carbocycles. The van der Waals surface area contributed by atoms with Crippen LogP contribution in [0.3, 0.4) is 0 Å². The minimum atomic E-state index is -0.338. The normalized spacial score (nSPS) is 11.1. The fourth-order valence-electron chi connectivity index (χ4n) is 4.25. The molecular formula is C27H26Cl2N8O2. The van der Waals surface area contributed by atoms with Crippen LogP contribution in [-0.2, 0) is 7.05 Å². The number of imidazole rings is 2. The zero-order valence-corrected chi connectivity index (χ0v) is 22.6. The first-order valence-corrected chi connectivity index (χ1v) is 13.3. The number of hydrogen-bond acceptors (Lipinski definition) is 5. The predicted molar refractivity (Wildman–Crippen MR) is 155 cm³/mol. The molecule has 0 radical (unpaired) electrons. The molecule has 0 aliphatic heterocycles. The van der Waals surface area contributed by atoms with E-state index >= 15 is 0 Å². The Morgan fingerprint density at radius 3 is 2.41 bits per heavy atom. The van der Waals surface area contributed by atoms with Gasteiger partial charge in [-0.3, -0.25) is 9.59 Å². The van der Waals surface area contributed by atoms with E-state index in [2.05, 4.69) is 35.5 Å². The molecule has 5 rings (SSSR count). The van der Waals surface area contributed by atoms with Crippen molar-refractivity contribution in [2.75, 3.05) is 40.4 Å². The van der Waals surface area contributed by atoms with Gasteiger partial charge in [-0.1, -0.05) is 0 Å². The zero-order chi connectivity index (χ0) is 27.4. The molecule has 0 spiro atoms. The van der Waals surface area contributed by atoms with Crippen molar-refractivity contribution in [1.82, 2.24) is 24.5 Å². The van der Waals surface area contributed by atoms with Gasteiger partial charge < -0.3 is 30.1 Å². The van der Waals surface area contributed by atoms with E-state index in [0.29, 0.717) is 58.6 Å². The molecule has 0 aliphatic rings. The number of benzene rings is 2. The van der Waals surface area contributed by atoms with Crippen LogP contribution in [0, 0.1) is 0 Å². The quantitative estimate of drug-likeness (QED) is 0.176. The van der Waals surface area contributed by atoms with Crippen molar-refractivity contribution in [2.45, 2.75) is 0 Å². The number of aryl methyl sites for hydroxylation is 1. The number of halogens is 2. The van der Waals surface area contributed by atoms with Crippen molar-refractivity contribution in [2.24, 2.45) is 7.05 Å². The third-order valence-electron chi connectivity index (χ3n) is 6.16. The highest BCUT2D eigenvalue weighted by atomic mass is 35.5. The lowest BCUT2D eigenvalue weighted by atomic mass is 10.2. The summed E-state index contributed by atoms with van der Waals surface area (Å²) in [5.74, 6) is 1.26. The summed E-state index contributed by atoms with van der Waals surface area (Å²) < 4.78 is 1.86. The predicted octanol–water partition coefficient (Wildman–Crippen LogP) is 5.08. The van der Waals surface area contributed by atoms with Crippen LogP contribution >= 0.6 is 23.2 Å². The Labute approximate surface area is 234 Å². The number of aromatic amines is 2. The van der Waals surface area contributed by atoms with Crippen molar-refractivity contribution in [3.05, 3.63) is 78.5 Å². The number of amides is 2. The maximum atomic E-state index is 13.0. The van der Waals surface area contributed by atoms with Crippen molar-refractivity contribution < 1.29 is 9.59 Å². The molecule has 0 aliphatic carbocycles. The molecule has 4 N–H and O–H groups in total. The van der Waals surface area contributed by atoms with Crippen LogP contribution in [0.25, 0.3) is 22.6 Å². The highest BCUT2D eigenvalue weighted by Gasteiger charge is 2.15. The van der Waals surface area contributed by atoms with Crippen molar-refractivity contribution >= 4 is 63.1 Å². The maximum Gasteiger partial charge on any atom is 0.291 e. The second kappa shape index (κ2) is 11.6. The van der Waals surface area contributed by atoms with E-state index < -0.39 is 0 Å². The molecule has 3 aromatic heterocycles. The lowest BCUT2D eigenvalue weighted by molar-refractivity contribution is 0.101. The second-order valence-electron chi connectivity index (χ2n) is 8.80. The Hall–Kier alpha value is -4.28. The smallest absolute Gasteiger partial charge is 0.291 e. The molecule has 0 unspecified atom stereocenters. The lowest BCUT2D eigenvalue weighted by Crippen LogP contribution is -2.27. The molecule has 0 atom stereocenters. The van der Waals surface area contributed by atoms with E-state index in [1.807, 2.05) is 41.9 Å². The number of carbonyl (C=O) groups excluding carboxylic acids is 2. The lowest BCUT2D eigenvalue weighted by Gasteiger charge is -2.23. The molecule has 10 nitrogen and oxygen atoms in total. The number of rotatable bonds is 10. The van der Waals surface area contributed by atoms with Gasteiger partial charge in [-0.2, -0.15) is 0 Å². The average molecular weight is 565 g/mol. The number of H-pyrrole nitrogens is 2. The molecule has 3 heterocycles. The van der Waals surface area contributed by atoms with Gasteiger partial charge in [0.05, 0.1) is 22.4 Å². The van der Waals surface area contributed by atoms with Crippen LogP contribution in [0.2, 0.25) is 0 Å². The number of fused-ring (bicyclic) bond motifs is 1. The minimum absolute atomic E-state index is 0.227. The number of hydrogen-bond donors (Lipinski definition) is 4. The summed E-state index contributed by atoms with van der Waals surface area (Å²) in [5.41, 5.74) is 4.97. The van der Waals surface area contributed by atoms with E-state index in [1.165, 1.54) is 6.20 Å². The van der Waals surface area contributed by atoms with Gasteiger partial charge in [0.25, 0.3) is 11.8 Å². The first-order valence-electron chi connectivity index (χ1n) is 12.2. The van der Waals surface area contributed by atoms with E-state index in [1.54, 1.807) is 30.6 Å². The van der Waals surface area contributed by atoms with Crippen LogP contribution in [0.1, 0.15) is 21.0 Å². The van der Waals surface area contributed by atoms with Gasteiger partial charge in [0, 0.05) is 67.4 Å². The minimum Gasteiger partial charge on any atom is -0.369 e. The molecule has 0 saturated carbocycles. The molecule has 200 valence electrons. The molecule has 0 bridgehead atoms. The summed E-state index contributed by atoms with van der Waals surface area (Å²) in [4.78, 5) is 42.1. The molecule has 0 saturated heterocycles. The number of carbonyl (C=O) groups is 2. The monoisotopic (exact) mass is 564 g/mol. The van der Waals surface area contributed by atoms with Crippen LogP contribution in [-0.4, -0.2) is 61.2 Å². The number of anilines is 3. The van der Waals surface area contributed by atoms with E-state index in [0.717, 1.165) is 11.4 Å². The molecule has 5 aromatic rings. The van der Waals surface area contributed by atoms with Gasteiger partial charge in [-0.05, 0) is 48.5 Å². The standard InChI is InChI=1S/C27H26Cl2N8O2/c1-36-16-19(33-27(39)25-30-10-11-31-25)15-23(36)24-34-21-7-2-17(14-22(21)35-24)26(38)32-18-3-5-20(6-4-18)37(12-8-28)13-9-29/h2-7,10-11,14-16H,8-9,12-13H2,1H3,(H,30,31)(H,32,38)(H,33,39)(H,34,35). The van der Waals surface area contributed by atoms with E-state index in [4.69, 9.17) is 23.2 Å². The van der Waals surface area contributed by atoms with Gasteiger partial charge in [0.2, 0.25) is 0 Å². The third-order valence-corrected chi connectivity index (χ3v) is 6.50. The Balaban J connectivity index is 1.30. The van der Waals surface area contributed by atoms with E-state index in [-0.39, 0.29) is 17.6 Å². The van der Waals surface area contributed by atoms with E-state index in [9.17, 15) is 9.59 Å². The second-order valence-corrected chi connectivity index (χ2v) is 9.56. The Morgan fingerprint density at radius 1 is 0.974 bits per heavy atom. The highest BCUT2D eigenvalue weighted by molar-refractivity contribution is 6.18. The van der Waals surface area contributed by atoms with Gasteiger partial charge in [-0.15, -0.1) is 23.2 Å². The Kier molecular flexibility index (Phi) is 7.85. The van der Waals surface area contributed by atoms with Crippen molar-refractivity contribution in [3.8, 4) is 11.5 Å². The number of aromatic nitrogens is 5. The third kappa shape index (κ3) is 5.92. The fourth-order valence-corrected chi connectivity index (χ4v) is 4.66. The highest BCUT2D eigenvalue weighted by Crippen LogP contribution is 2.26. The summed E-state index contributed by atoms with van der Waals surface area (Å²) in [7, 11) is 1.86. The largest absolute Gasteiger partial charge is 0.369 e. The zero-order valence-electron chi connectivity index (χ0n) is 21.0. The molecule has 39 heavy (non-hydrogen) atoms. The van der Waals surface area contributed by atoms with Crippen LogP contribution in [0.5, 0.6) is 0 Å². The van der Waals surface area contributed by atoms with Gasteiger partial charge >= 0.3 is 0 Å². The Morgan fingerprint density at radius 2 is 1.72 bits per heavy atom. The maximum absolute atomic E-state index is 13.0. The van der Waals surface area contributed by atoms with Gasteiger partial charge in [0.15, 0.2) is 11.6 Å². The summed E-state index contributed by atoms with van der Waals surface area (Å²) in [5, 5.41) is 5.75. The van der Waals surface area contributed by atoms with Crippen LogP contribution in [0.4, 0.5) is 17.1 Å². The first kappa shape index (κ1) is 26.3. The summed E-state index contributed by atoms with van der Waals surface area (Å²) in [6, 6.07) is 14.7. The van der Waals surface area contributed by atoms with Crippen molar-refractivity contribution in [1.29, 1.82) is 0 Å². The number of nitrogens with zero attached hydrogens (tertiary/aromatic N) is 4. The Bertz CT molecular complexity index is 1590. The first-order chi connectivity index (χ1) is 18.9. The molecular weight excluding hydrogens is 539 g/mol. The average Bonchev–Trinajstić information content (AvgIpc) is 3.68. The van der Waals surface area contributed by atoms with Crippen LogP contribution in [0.15, 0.2) is 67.1 Å². The summed E-state index contributed by atoms with van der Waals surface area (Å²) in [6.45, 7) is 1.38. The molecule has 0 fully saturated rings. The van der Waals surface area contributed by atoms with Gasteiger partial charge in [-0.25, -0.2) is 9.97 Å². The number of nitrogens with one attached hydrogen (secondary N) is 4. The topological polar surface area (TPSA) is 124 Å². The molecule has 2 amide bonds. The number of alkyl halides is 2. The summed E-state index contributed by atoms with van der Waals surface area (Å²) >= 11 is 11.8. The SMILES string of the molecule is Cn1cc(NC(=O)c2ncc[nH]2)cc1-c1nc2ccc(C(=O)Nc3ccc(N(CCCl)CCCl)cc3)cc2[nH]1. The van der Waals surface area contributed by atoms with Crippen LogP contribution < -0.4 is 15.5 Å². The molecule has 12 heteroatoms. The van der Waals surface area contributed by atoms with Gasteiger partial charge in [0.1, 0.15) is 0 Å². The van der Waals surface area contributed by atoms with Crippen molar-refractivity contribution in [3.63, 3.8) is 0 Å².